The van der Waals surface area contributed by atoms with Crippen molar-refractivity contribution in [1.82, 2.24) is 0 Å². The van der Waals surface area contributed by atoms with Crippen LogP contribution in [-0.2, 0) is 16.0 Å². The van der Waals surface area contributed by atoms with Crippen LogP contribution in [0.2, 0.25) is 0 Å². The minimum Gasteiger partial charge on any atom is -0.460 e. The van der Waals surface area contributed by atoms with E-state index in [-0.39, 0.29) is 5.97 Å². The number of rotatable bonds is 4. The van der Waals surface area contributed by atoms with Gasteiger partial charge in [-0.3, -0.25) is 4.79 Å². The zero-order chi connectivity index (χ0) is 13.8. The van der Waals surface area contributed by atoms with Gasteiger partial charge in [0.15, 0.2) is 0 Å². The molecule has 3 heteroatoms. The lowest BCUT2D eigenvalue weighted by Gasteiger charge is -2.25. The maximum absolute atomic E-state index is 12.0. The maximum Gasteiger partial charge on any atom is 0.312 e. The molecule has 0 saturated heterocycles. The first kappa shape index (κ1) is 14.7. The lowest BCUT2D eigenvalue weighted by Crippen LogP contribution is -2.35. The second-order valence-corrected chi connectivity index (χ2v) is 5.57. The second kappa shape index (κ2) is 6.01. The number of carbonyl (C=O) groups excluding carboxylic acids is 1. The molecule has 0 aromatic heterocycles. The zero-order valence-corrected chi connectivity index (χ0v) is 11.5. The lowest BCUT2D eigenvalue weighted by atomic mass is 9.94. The molecule has 0 fully saturated rings. The SMILES string of the molecule is C[C@@H](O)[C@@H](Cc1ccccc1)C(=O)OC(C)(C)C. The van der Waals surface area contributed by atoms with Crippen molar-refractivity contribution in [2.24, 2.45) is 5.92 Å². The van der Waals surface area contributed by atoms with Crippen LogP contribution in [0, 0.1) is 5.92 Å². The van der Waals surface area contributed by atoms with Gasteiger partial charge in [0.25, 0.3) is 0 Å². The van der Waals surface area contributed by atoms with Gasteiger partial charge in [-0.05, 0) is 39.7 Å². The van der Waals surface area contributed by atoms with Crippen molar-refractivity contribution in [2.45, 2.75) is 45.8 Å². The standard InChI is InChI=1S/C15H22O3/c1-11(16)13(14(17)18-15(2,3)4)10-12-8-6-5-7-9-12/h5-9,11,13,16H,10H2,1-4H3/t11-,13-/m1/s1. The number of aliphatic hydroxyl groups excluding tert-OH is 1. The highest BCUT2D eigenvalue weighted by Gasteiger charge is 2.28. The van der Waals surface area contributed by atoms with Crippen LogP contribution in [0.1, 0.15) is 33.3 Å². The Morgan fingerprint density at radius 3 is 2.28 bits per heavy atom. The van der Waals surface area contributed by atoms with Crippen molar-refractivity contribution in [3.63, 3.8) is 0 Å². The average Bonchev–Trinajstić information content (AvgIpc) is 2.24. The summed E-state index contributed by atoms with van der Waals surface area (Å²) in [5.41, 5.74) is 0.496. The van der Waals surface area contributed by atoms with Crippen LogP contribution < -0.4 is 0 Å². The van der Waals surface area contributed by atoms with Crippen LogP contribution >= 0.6 is 0 Å². The van der Waals surface area contributed by atoms with E-state index in [1.165, 1.54) is 0 Å². The van der Waals surface area contributed by atoms with E-state index >= 15 is 0 Å². The topological polar surface area (TPSA) is 46.5 Å². The molecule has 0 aliphatic heterocycles. The summed E-state index contributed by atoms with van der Waals surface area (Å²) in [6.45, 7) is 7.10. The van der Waals surface area contributed by atoms with E-state index in [2.05, 4.69) is 0 Å². The molecular formula is C15H22O3. The monoisotopic (exact) mass is 250 g/mol. The number of hydrogen-bond acceptors (Lipinski definition) is 3. The summed E-state index contributed by atoms with van der Waals surface area (Å²) in [6.07, 6.45) is -0.229. The van der Waals surface area contributed by atoms with E-state index in [0.717, 1.165) is 5.56 Å². The quantitative estimate of drug-likeness (QED) is 0.835. The molecule has 1 aromatic carbocycles. The summed E-state index contributed by atoms with van der Waals surface area (Å²) < 4.78 is 5.33. The highest BCUT2D eigenvalue weighted by atomic mass is 16.6. The van der Waals surface area contributed by atoms with Crippen molar-refractivity contribution in [3.8, 4) is 0 Å². The molecule has 2 atom stereocenters. The molecule has 100 valence electrons. The molecule has 0 unspecified atom stereocenters. The van der Waals surface area contributed by atoms with E-state index in [1.807, 2.05) is 51.1 Å². The second-order valence-electron chi connectivity index (χ2n) is 5.57. The molecular weight excluding hydrogens is 228 g/mol. The molecule has 0 saturated carbocycles. The van der Waals surface area contributed by atoms with Crippen LogP contribution in [0.25, 0.3) is 0 Å². The summed E-state index contributed by atoms with van der Waals surface area (Å²) in [5.74, 6) is -0.868. The van der Waals surface area contributed by atoms with Crippen LogP contribution in [0.5, 0.6) is 0 Å². The van der Waals surface area contributed by atoms with Gasteiger partial charge in [-0.1, -0.05) is 30.3 Å². The van der Waals surface area contributed by atoms with Crippen LogP contribution in [-0.4, -0.2) is 22.8 Å². The van der Waals surface area contributed by atoms with Gasteiger partial charge in [0.2, 0.25) is 0 Å². The molecule has 0 amide bonds. The maximum atomic E-state index is 12.0. The van der Waals surface area contributed by atoms with E-state index in [1.54, 1.807) is 6.92 Å². The molecule has 1 aromatic rings. The Hall–Kier alpha value is -1.35. The number of carbonyl (C=O) groups is 1. The summed E-state index contributed by atoms with van der Waals surface area (Å²) in [7, 11) is 0. The van der Waals surface area contributed by atoms with Crippen molar-refractivity contribution < 1.29 is 14.6 Å². The van der Waals surface area contributed by atoms with Crippen molar-refractivity contribution in [3.05, 3.63) is 35.9 Å². The van der Waals surface area contributed by atoms with Crippen molar-refractivity contribution in [1.29, 1.82) is 0 Å². The highest BCUT2D eigenvalue weighted by Crippen LogP contribution is 2.18. The molecule has 0 bridgehead atoms. The van der Waals surface area contributed by atoms with E-state index < -0.39 is 17.6 Å². The molecule has 3 nitrogen and oxygen atoms in total. The Morgan fingerprint density at radius 1 is 1.28 bits per heavy atom. The minimum absolute atomic E-state index is 0.346. The van der Waals surface area contributed by atoms with Gasteiger partial charge < -0.3 is 9.84 Å². The largest absolute Gasteiger partial charge is 0.460 e. The third-order valence-electron chi connectivity index (χ3n) is 2.59. The first-order valence-electron chi connectivity index (χ1n) is 6.24. The number of benzene rings is 1. The molecule has 0 spiro atoms. The van der Waals surface area contributed by atoms with Crippen molar-refractivity contribution in [2.75, 3.05) is 0 Å². The first-order chi connectivity index (χ1) is 8.29. The van der Waals surface area contributed by atoms with Crippen molar-refractivity contribution >= 4 is 5.97 Å². The fraction of sp³-hybridized carbons (Fsp3) is 0.533. The molecule has 0 aliphatic rings. The number of hydrogen-bond donors (Lipinski definition) is 1. The Morgan fingerprint density at radius 2 is 1.83 bits per heavy atom. The molecule has 1 rings (SSSR count). The molecule has 0 heterocycles. The van der Waals surface area contributed by atoms with Gasteiger partial charge in [-0.15, -0.1) is 0 Å². The summed E-state index contributed by atoms with van der Waals surface area (Å²) in [4.78, 5) is 12.0. The molecule has 18 heavy (non-hydrogen) atoms. The predicted octanol–water partition coefficient (Wildman–Crippen LogP) is 2.57. The van der Waals surface area contributed by atoms with Gasteiger partial charge in [-0.25, -0.2) is 0 Å². The number of aliphatic hydroxyl groups is 1. The normalized spacial score (nSPS) is 14.9. The van der Waals surface area contributed by atoms with Crippen LogP contribution in [0.4, 0.5) is 0 Å². The Balaban J connectivity index is 2.75. The number of esters is 1. The minimum atomic E-state index is -0.722. The van der Waals surface area contributed by atoms with E-state index in [9.17, 15) is 9.90 Å². The van der Waals surface area contributed by atoms with Gasteiger partial charge in [-0.2, -0.15) is 0 Å². The van der Waals surface area contributed by atoms with Gasteiger partial charge >= 0.3 is 5.97 Å². The molecule has 1 N–H and O–H groups in total. The fourth-order valence-electron chi connectivity index (χ4n) is 1.70. The van der Waals surface area contributed by atoms with Gasteiger partial charge in [0.1, 0.15) is 5.60 Å². The van der Waals surface area contributed by atoms with Gasteiger partial charge in [0, 0.05) is 0 Å². The predicted molar refractivity (Wildman–Crippen MR) is 71.2 cm³/mol. The third-order valence-corrected chi connectivity index (χ3v) is 2.59. The highest BCUT2D eigenvalue weighted by molar-refractivity contribution is 5.73. The summed E-state index contributed by atoms with van der Waals surface area (Å²) in [6, 6.07) is 9.65. The summed E-state index contributed by atoms with van der Waals surface area (Å²) >= 11 is 0. The molecule has 0 aliphatic carbocycles. The lowest BCUT2D eigenvalue weighted by molar-refractivity contribution is -0.163. The van der Waals surface area contributed by atoms with E-state index in [0.29, 0.717) is 6.42 Å². The molecule has 0 radical (unpaired) electrons. The summed E-state index contributed by atoms with van der Waals surface area (Å²) in [5, 5.41) is 9.74. The Labute approximate surface area is 109 Å². The first-order valence-corrected chi connectivity index (χ1v) is 6.24. The van der Waals surface area contributed by atoms with E-state index in [4.69, 9.17) is 4.74 Å². The fourth-order valence-corrected chi connectivity index (χ4v) is 1.70. The zero-order valence-electron chi connectivity index (χ0n) is 11.5. The Kier molecular flexibility index (Phi) is 4.91. The third kappa shape index (κ3) is 4.88. The Bertz CT molecular complexity index is 376. The smallest absolute Gasteiger partial charge is 0.312 e. The number of ether oxygens (including phenoxy) is 1. The average molecular weight is 250 g/mol. The van der Waals surface area contributed by atoms with Gasteiger partial charge in [0.05, 0.1) is 12.0 Å². The van der Waals surface area contributed by atoms with Crippen LogP contribution in [0.3, 0.4) is 0 Å². The van der Waals surface area contributed by atoms with Crippen LogP contribution in [0.15, 0.2) is 30.3 Å².